The fourth-order valence-electron chi connectivity index (χ4n) is 3.75. The average Bonchev–Trinajstić information content (AvgIpc) is 3.11. The summed E-state index contributed by atoms with van der Waals surface area (Å²) >= 11 is 0. The minimum atomic E-state index is 0.769. The molecule has 4 nitrogen and oxygen atoms in total. The minimum Gasteiger partial charge on any atom is -0.283 e. The Balaban J connectivity index is 1.65. The van der Waals surface area contributed by atoms with Gasteiger partial charge in [-0.2, -0.15) is 0 Å². The van der Waals surface area contributed by atoms with E-state index in [1.54, 1.807) is 0 Å². The molecule has 0 radical (unpaired) electrons. The maximum atomic E-state index is 4.85. The minimum absolute atomic E-state index is 0.769. The number of azo groups is 1. The molecule has 132 valence electrons. The fourth-order valence-corrected chi connectivity index (χ4v) is 3.75. The maximum Gasteiger partial charge on any atom is 0.187 e. The lowest BCUT2D eigenvalue weighted by molar-refractivity contribution is 0.686. The molecule has 0 spiro atoms. The summed E-state index contributed by atoms with van der Waals surface area (Å²) in [7, 11) is 0. The van der Waals surface area contributed by atoms with Crippen LogP contribution in [-0.2, 0) is 12.8 Å². The van der Waals surface area contributed by atoms with E-state index in [2.05, 4.69) is 28.4 Å². The Bertz CT molecular complexity index is 1130. The fraction of sp³-hybridized carbons (Fsp3) is 0.174. The van der Waals surface area contributed by atoms with Crippen LogP contribution < -0.4 is 0 Å². The molecule has 1 aliphatic rings. The van der Waals surface area contributed by atoms with Crippen LogP contribution >= 0.6 is 0 Å². The van der Waals surface area contributed by atoms with Crippen molar-refractivity contribution in [2.24, 2.45) is 10.2 Å². The van der Waals surface area contributed by atoms with Gasteiger partial charge >= 0.3 is 0 Å². The Kier molecular flexibility index (Phi) is 4.02. The first kappa shape index (κ1) is 15.9. The molecule has 0 amide bonds. The van der Waals surface area contributed by atoms with Crippen molar-refractivity contribution in [1.82, 2.24) is 9.38 Å². The van der Waals surface area contributed by atoms with Gasteiger partial charge in [-0.15, -0.1) is 10.2 Å². The summed E-state index contributed by atoms with van der Waals surface area (Å²) < 4.78 is 2.00. The highest BCUT2D eigenvalue weighted by Crippen LogP contribution is 2.34. The zero-order chi connectivity index (χ0) is 18.1. The first-order valence-corrected chi connectivity index (χ1v) is 9.44. The van der Waals surface area contributed by atoms with Crippen LogP contribution in [0.2, 0.25) is 0 Å². The zero-order valence-electron chi connectivity index (χ0n) is 15.0. The number of rotatable bonds is 3. The topological polar surface area (TPSA) is 42.0 Å². The number of pyridine rings is 1. The molecule has 4 aromatic rings. The predicted octanol–water partition coefficient (Wildman–Crippen LogP) is 6.30. The average molecular weight is 352 g/mol. The van der Waals surface area contributed by atoms with Crippen molar-refractivity contribution in [2.45, 2.75) is 25.7 Å². The van der Waals surface area contributed by atoms with Gasteiger partial charge in [0.05, 0.1) is 5.69 Å². The summed E-state index contributed by atoms with van der Waals surface area (Å²) in [6.45, 7) is 0. The number of aromatic nitrogens is 2. The quantitative estimate of drug-likeness (QED) is 0.399. The molecule has 2 heterocycles. The second kappa shape index (κ2) is 6.80. The highest BCUT2D eigenvalue weighted by atomic mass is 15.2. The largest absolute Gasteiger partial charge is 0.283 e. The van der Waals surface area contributed by atoms with E-state index in [9.17, 15) is 0 Å². The van der Waals surface area contributed by atoms with Crippen LogP contribution in [-0.4, -0.2) is 9.38 Å². The molecule has 0 saturated heterocycles. The Morgan fingerprint density at radius 2 is 1.59 bits per heavy atom. The monoisotopic (exact) mass is 352 g/mol. The standard InChI is InChI=1S/C23H20N4/c1-2-10-20(11-3-1)25-26-23-22(24-21-12-6-7-15-27(21)23)19-14-13-17-8-4-5-9-18(17)16-19/h1-3,6-7,10-16H,4-5,8-9H2. The molecule has 0 saturated carbocycles. The highest BCUT2D eigenvalue weighted by Gasteiger charge is 2.16. The van der Waals surface area contributed by atoms with Crippen molar-refractivity contribution in [3.8, 4) is 11.3 Å². The second-order valence-corrected chi connectivity index (χ2v) is 6.94. The molecule has 0 atom stereocenters. The van der Waals surface area contributed by atoms with Gasteiger partial charge in [-0.25, -0.2) is 4.98 Å². The van der Waals surface area contributed by atoms with Gasteiger partial charge in [0, 0.05) is 11.8 Å². The van der Waals surface area contributed by atoms with Crippen LogP contribution in [0.3, 0.4) is 0 Å². The van der Waals surface area contributed by atoms with Gasteiger partial charge in [-0.05, 0) is 67.1 Å². The molecule has 0 bridgehead atoms. The number of hydrogen-bond donors (Lipinski definition) is 0. The van der Waals surface area contributed by atoms with Crippen LogP contribution in [0.15, 0.2) is 83.2 Å². The third-order valence-electron chi connectivity index (χ3n) is 5.14. The zero-order valence-corrected chi connectivity index (χ0v) is 15.0. The van der Waals surface area contributed by atoms with E-state index in [0.717, 1.165) is 34.8 Å². The van der Waals surface area contributed by atoms with E-state index in [-0.39, 0.29) is 0 Å². The third-order valence-corrected chi connectivity index (χ3v) is 5.14. The number of hydrogen-bond acceptors (Lipinski definition) is 3. The van der Waals surface area contributed by atoms with Gasteiger partial charge in [0.25, 0.3) is 0 Å². The van der Waals surface area contributed by atoms with Crippen LogP contribution in [0.25, 0.3) is 16.9 Å². The van der Waals surface area contributed by atoms with E-state index in [4.69, 9.17) is 4.98 Å². The lowest BCUT2D eigenvalue weighted by Gasteiger charge is -2.16. The first-order chi connectivity index (χ1) is 13.4. The smallest absolute Gasteiger partial charge is 0.187 e. The molecule has 0 aliphatic heterocycles. The maximum absolute atomic E-state index is 4.85. The highest BCUT2D eigenvalue weighted by molar-refractivity contribution is 5.75. The van der Waals surface area contributed by atoms with E-state index in [0.29, 0.717) is 0 Å². The van der Waals surface area contributed by atoms with Crippen LogP contribution in [0.4, 0.5) is 11.5 Å². The van der Waals surface area contributed by atoms with Gasteiger partial charge in [0.2, 0.25) is 0 Å². The molecular formula is C23H20N4. The number of benzene rings is 2. The van der Waals surface area contributed by atoms with Crippen molar-refractivity contribution in [1.29, 1.82) is 0 Å². The lowest BCUT2D eigenvalue weighted by Crippen LogP contribution is -2.02. The molecule has 0 N–H and O–H groups in total. The van der Waals surface area contributed by atoms with Gasteiger partial charge < -0.3 is 0 Å². The summed E-state index contributed by atoms with van der Waals surface area (Å²) in [6.07, 6.45) is 6.88. The van der Waals surface area contributed by atoms with E-state index in [1.165, 1.54) is 30.4 Å². The molecule has 5 rings (SSSR count). The molecule has 1 aliphatic carbocycles. The number of nitrogens with zero attached hydrogens (tertiary/aromatic N) is 4. The second-order valence-electron chi connectivity index (χ2n) is 6.94. The third kappa shape index (κ3) is 3.04. The molecule has 0 fully saturated rings. The Morgan fingerprint density at radius 1 is 0.778 bits per heavy atom. The number of aryl methyl sites for hydroxylation is 2. The van der Waals surface area contributed by atoms with Crippen molar-refractivity contribution in [3.05, 3.63) is 84.1 Å². The number of fused-ring (bicyclic) bond motifs is 2. The Labute approximate surface area is 158 Å². The molecule has 27 heavy (non-hydrogen) atoms. The van der Waals surface area contributed by atoms with Crippen LogP contribution in [0.1, 0.15) is 24.0 Å². The van der Waals surface area contributed by atoms with Gasteiger partial charge in [0.15, 0.2) is 5.82 Å². The van der Waals surface area contributed by atoms with Gasteiger partial charge in [-0.1, -0.05) is 36.4 Å². The summed E-state index contributed by atoms with van der Waals surface area (Å²) in [4.78, 5) is 4.85. The van der Waals surface area contributed by atoms with Crippen molar-refractivity contribution in [3.63, 3.8) is 0 Å². The van der Waals surface area contributed by atoms with Crippen LogP contribution in [0, 0.1) is 0 Å². The van der Waals surface area contributed by atoms with E-state index in [1.807, 2.05) is 59.1 Å². The Morgan fingerprint density at radius 3 is 2.48 bits per heavy atom. The van der Waals surface area contributed by atoms with Crippen molar-refractivity contribution < 1.29 is 0 Å². The lowest BCUT2D eigenvalue weighted by atomic mass is 9.90. The molecule has 2 aromatic carbocycles. The van der Waals surface area contributed by atoms with E-state index < -0.39 is 0 Å². The molecule has 2 aromatic heterocycles. The number of imidazole rings is 1. The van der Waals surface area contributed by atoms with Crippen molar-refractivity contribution >= 4 is 17.2 Å². The van der Waals surface area contributed by atoms with E-state index >= 15 is 0 Å². The molecule has 4 heteroatoms. The summed E-state index contributed by atoms with van der Waals surface area (Å²) in [5, 5.41) is 9.02. The van der Waals surface area contributed by atoms with Crippen LogP contribution in [0.5, 0.6) is 0 Å². The molecular weight excluding hydrogens is 332 g/mol. The van der Waals surface area contributed by atoms with Gasteiger partial charge in [0.1, 0.15) is 11.3 Å². The van der Waals surface area contributed by atoms with Gasteiger partial charge in [-0.3, -0.25) is 4.40 Å². The Hall–Kier alpha value is -3.27. The normalized spacial score (nSPS) is 13.9. The molecule has 0 unspecified atom stereocenters. The predicted molar refractivity (Wildman–Crippen MR) is 108 cm³/mol. The SMILES string of the molecule is c1ccc(N=Nc2c(-c3ccc4c(c3)CCCC4)nc3ccccn23)cc1. The van der Waals surface area contributed by atoms with Crippen molar-refractivity contribution in [2.75, 3.05) is 0 Å². The first-order valence-electron chi connectivity index (χ1n) is 9.44. The summed E-state index contributed by atoms with van der Waals surface area (Å²) in [5.41, 5.74) is 6.63. The summed E-state index contributed by atoms with van der Waals surface area (Å²) in [6, 6.07) is 22.5. The summed E-state index contributed by atoms with van der Waals surface area (Å²) in [5.74, 6) is 0.769.